The van der Waals surface area contributed by atoms with Crippen LogP contribution in [0, 0.1) is 5.92 Å². The summed E-state index contributed by atoms with van der Waals surface area (Å²) in [6.07, 6.45) is 0.959. The van der Waals surface area contributed by atoms with Crippen LogP contribution in [0.5, 0.6) is 0 Å². The average molecular weight is 262 g/mol. The summed E-state index contributed by atoms with van der Waals surface area (Å²) in [4.78, 5) is 11.5. The monoisotopic (exact) mass is 262 g/mol. The van der Waals surface area contributed by atoms with Crippen molar-refractivity contribution < 1.29 is 13.2 Å². The molecule has 0 aromatic carbocycles. The molecule has 2 N–H and O–H groups in total. The van der Waals surface area contributed by atoms with Gasteiger partial charge in [-0.3, -0.25) is 4.79 Å². The average Bonchev–Trinajstić information content (AvgIpc) is 2.52. The van der Waals surface area contributed by atoms with E-state index < -0.39 is 9.84 Å². The topological polar surface area (TPSA) is 75.3 Å². The van der Waals surface area contributed by atoms with Gasteiger partial charge < -0.3 is 10.6 Å². The summed E-state index contributed by atoms with van der Waals surface area (Å²) in [5, 5.41) is 5.99. The lowest BCUT2D eigenvalue weighted by Gasteiger charge is -2.10. The van der Waals surface area contributed by atoms with Gasteiger partial charge in [0.15, 0.2) is 9.84 Å². The van der Waals surface area contributed by atoms with Crippen LogP contribution in [0.3, 0.4) is 0 Å². The number of carbonyl (C=O) groups excluding carboxylic acids is 1. The summed E-state index contributed by atoms with van der Waals surface area (Å²) in [5.41, 5.74) is 0. The van der Waals surface area contributed by atoms with E-state index in [-0.39, 0.29) is 23.3 Å². The minimum absolute atomic E-state index is 0.0121. The molecule has 17 heavy (non-hydrogen) atoms. The van der Waals surface area contributed by atoms with Crippen LogP contribution in [0.2, 0.25) is 0 Å². The third-order valence-electron chi connectivity index (χ3n) is 2.80. The molecule has 0 spiro atoms. The Labute approximate surface area is 103 Å². The molecule has 0 radical (unpaired) electrons. The molecule has 0 bridgehead atoms. The first-order chi connectivity index (χ1) is 7.89. The minimum atomic E-state index is -2.87. The van der Waals surface area contributed by atoms with Crippen molar-refractivity contribution in [3.05, 3.63) is 0 Å². The maximum absolute atomic E-state index is 11.5. The highest BCUT2D eigenvalue weighted by Gasteiger charge is 2.29. The van der Waals surface area contributed by atoms with Crippen molar-refractivity contribution in [3.8, 4) is 0 Å². The standard InChI is InChI=1S/C11H22N2O3S/c1-9(2)12-4-5-13-11(14)7-10-3-6-17(15,16)8-10/h9-10,12H,3-8H2,1-2H3,(H,13,14). The van der Waals surface area contributed by atoms with Crippen LogP contribution >= 0.6 is 0 Å². The minimum Gasteiger partial charge on any atom is -0.355 e. The van der Waals surface area contributed by atoms with Gasteiger partial charge in [0.25, 0.3) is 0 Å². The van der Waals surface area contributed by atoms with Crippen LogP contribution < -0.4 is 10.6 Å². The fraction of sp³-hybridized carbons (Fsp3) is 0.909. The van der Waals surface area contributed by atoms with E-state index >= 15 is 0 Å². The number of hydrogen-bond acceptors (Lipinski definition) is 4. The third-order valence-corrected chi connectivity index (χ3v) is 4.64. The number of sulfone groups is 1. The van der Waals surface area contributed by atoms with Crippen molar-refractivity contribution in [1.29, 1.82) is 0 Å². The van der Waals surface area contributed by atoms with Crippen LogP contribution in [0.1, 0.15) is 26.7 Å². The van der Waals surface area contributed by atoms with Gasteiger partial charge in [-0.15, -0.1) is 0 Å². The number of nitrogens with one attached hydrogen (secondary N) is 2. The number of amides is 1. The summed E-state index contributed by atoms with van der Waals surface area (Å²) in [6.45, 7) is 5.43. The zero-order chi connectivity index (χ0) is 12.9. The van der Waals surface area contributed by atoms with Crippen molar-refractivity contribution in [1.82, 2.24) is 10.6 Å². The van der Waals surface area contributed by atoms with Crippen molar-refractivity contribution in [3.63, 3.8) is 0 Å². The van der Waals surface area contributed by atoms with Crippen LogP contribution in [-0.2, 0) is 14.6 Å². The number of hydrogen-bond donors (Lipinski definition) is 2. The van der Waals surface area contributed by atoms with Crippen molar-refractivity contribution in [2.24, 2.45) is 5.92 Å². The highest BCUT2D eigenvalue weighted by atomic mass is 32.2. The predicted molar refractivity (Wildman–Crippen MR) is 67.5 cm³/mol. The first kappa shape index (κ1) is 14.4. The SMILES string of the molecule is CC(C)NCCNC(=O)CC1CCS(=O)(=O)C1. The van der Waals surface area contributed by atoms with Gasteiger partial charge in [-0.25, -0.2) is 8.42 Å². The number of carbonyl (C=O) groups is 1. The normalized spacial score (nSPS) is 22.9. The van der Waals surface area contributed by atoms with Crippen LogP contribution in [0.4, 0.5) is 0 Å². The highest BCUT2D eigenvalue weighted by Crippen LogP contribution is 2.21. The second kappa shape index (κ2) is 6.35. The van der Waals surface area contributed by atoms with E-state index in [4.69, 9.17) is 0 Å². The molecular formula is C11H22N2O3S. The Kier molecular flexibility index (Phi) is 5.39. The second-order valence-electron chi connectivity index (χ2n) is 4.93. The summed E-state index contributed by atoms with van der Waals surface area (Å²) < 4.78 is 22.4. The molecule has 1 unspecified atom stereocenters. The van der Waals surface area contributed by atoms with Gasteiger partial charge in [-0.2, -0.15) is 0 Å². The Morgan fingerprint density at radius 3 is 2.59 bits per heavy atom. The lowest BCUT2D eigenvalue weighted by molar-refractivity contribution is -0.121. The Bertz CT molecular complexity index is 352. The van der Waals surface area contributed by atoms with Gasteiger partial charge in [-0.1, -0.05) is 13.8 Å². The smallest absolute Gasteiger partial charge is 0.220 e. The highest BCUT2D eigenvalue weighted by molar-refractivity contribution is 7.91. The van der Waals surface area contributed by atoms with E-state index in [0.29, 0.717) is 25.4 Å². The molecule has 1 amide bonds. The van der Waals surface area contributed by atoms with Crippen LogP contribution in [0.25, 0.3) is 0 Å². The van der Waals surface area contributed by atoms with Gasteiger partial charge in [0.05, 0.1) is 11.5 Å². The molecule has 5 nitrogen and oxygen atoms in total. The largest absolute Gasteiger partial charge is 0.355 e. The van der Waals surface area contributed by atoms with E-state index in [2.05, 4.69) is 10.6 Å². The molecule has 6 heteroatoms. The zero-order valence-corrected chi connectivity index (χ0v) is 11.3. The first-order valence-corrected chi connectivity index (χ1v) is 7.91. The third kappa shape index (κ3) is 6.02. The molecule has 1 saturated heterocycles. The lowest BCUT2D eigenvalue weighted by Crippen LogP contribution is -2.35. The van der Waals surface area contributed by atoms with Crippen molar-refractivity contribution in [2.45, 2.75) is 32.7 Å². The molecule has 0 aliphatic carbocycles. The van der Waals surface area contributed by atoms with E-state index in [0.717, 1.165) is 6.54 Å². The molecule has 100 valence electrons. The van der Waals surface area contributed by atoms with Crippen molar-refractivity contribution in [2.75, 3.05) is 24.6 Å². The Morgan fingerprint density at radius 2 is 2.06 bits per heavy atom. The summed E-state index contributed by atoms with van der Waals surface area (Å²) in [5.74, 6) is 0.376. The number of rotatable bonds is 6. The fourth-order valence-electron chi connectivity index (χ4n) is 1.93. The van der Waals surface area contributed by atoms with E-state index in [9.17, 15) is 13.2 Å². The Balaban J connectivity index is 2.14. The maximum atomic E-state index is 11.5. The molecule has 1 fully saturated rings. The van der Waals surface area contributed by atoms with Gasteiger partial charge in [-0.05, 0) is 12.3 Å². The zero-order valence-electron chi connectivity index (χ0n) is 10.5. The van der Waals surface area contributed by atoms with Crippen LogP contribution in [-0.4, -0.2) is 45.0 Å². The van der Waals surface area contributed by atoms with Gasteiger partial charge in [0.2, 0.25) is 5.91 Å². The molecule has 0 saturated carbocycles. The summed E-state index contributed by atoms with van der Waals surface area (Å²) in [6, 6.07) is 0.409. The molecule has 1 rings (SSSR count). The van der Waals surface area contributed by atoms with E-state index in [1.807, 2.05) is 13.8 Å². The molecule has 1 atom stereocenters. The molecule has 1 aliphatic rings. The van der Waals surface area contributed by atoms with Gasteiger partial charge >= 0.3 is 0 Å². The van der Waals surface area contributed by atoms with Gasteiger partial charge in [0, 0.05) is 25.6 Å². The summed E-state index contributed by atoms with van der Waals surface area (Å²) in [7, 11) is -2.87. The molecule has 0 aromatic rings. The lowest BCUT2D eigenvalue weighted by atomic mass is 10.1. The Morgan fingerprint density at radius 1 is 1.35 bits per heavy atom. The van der Waals surface area contributed by atoms with Crippen molar-refractivity contribution >= 4 is 15.7 Å². The summed E-state index contributed by atoms with van der Waals surface area (Å²) >= 11 is 0. The molecule has 1 heterocycles. The van der Waals surface area contributed by atoms with E-state index in [1.165, 1.54) is 0 Å². The molecule has 0 aromatic heterocycles. The predicted octanol–water partition coefficient (Wildman–Crippen LogP) is -0.0746. The fourth-order valence-corrected chi connectivity index (χ4v) is 3.79. The first-order valence-electron chi connectivity index (χ1n) is 6.09. The molecular weight excluding hydrogens is 240 g/mol. The molecule has 1 aliphatic heterocycles. The maximum Gasteiger partial charge on any atom is 0.220 e. The second-order valence-corrected chi connectivity index (χ2v) is 7.16. The van der Waals surface area contributed by atoms with Crippen LogP contribution in [0.15, 0.2) is 0 Å². The van der Waals surface area contributed by atoms with E-state index in [1.54, 1.807) is 0 Å². The quantitative estimate of drug-likeness (QED) is 0.657. The Hall–Kier alpha value is -0.620. The van der Waals surface area contributed by atoms with Gasteiger partial charge in [0.1, 0.15) is 0 Å².